The van der Waals surface area contributed by atoms with E-state index in [1.807, 2.05) is 88.6 Å². The van der Waals surface area contributed by atoms with Gasteiger partial charge in [0.1, 0.15) is 11.1 Å². The van der Waals surface area contributed by atoms with Crippen molar-refractivity contribution in [3.63, 3.8) is 0 Å². The summed E-state index contributed by atoms with van der Waals surface area (Å²) in [6.45, 7) is 0.468. The number of ether oxygens (including phenoxy) is 1. The second kappa shape index (κ2) is 8.88. The first kappa shape index (κ1) is 20.3. The van der Waals surface area contributed by atoms with Crippen LogP contribution in [0.3, 0.4) is 0 Å². The van der Waals surface area contributed by atoms with E-state index >= 15 is 0 Å². The number of carbonyl (C=O) groups is 1. The lowest BCUT2D eigenvalue weighted by Crippen LogP contribution is -2.28. The molecule has 1 aliphatic heterocycles. The van der Waals surface area contributed by atoms with Gasteiger partial charge in [-0.1, -0.05) is 24.3 Å². The van der Waals surface area contributed by atoms with E-state index in [1.54, 1.807) is 25.1 Å². The Morgan fingerprint density at radius 1 is 1.03 bits per heavy atom. The summed E-state index contributed by atoms with van der Waals surface area (Å²) in [6, 6.07) is 23.7. The third kappa shape index (κ3) is 3.99. The molecule has 0 saturated carbocycles. The smallest absolute Gasteiger partial charge is 0.234 e. The first-order valence-electron chi connectivity index (χ1n) is 10.3. The van der Waals surface area contributed by atoms with Crippen molar-refractivity contribution < 1.29 is 9.53 Å². The van der Waals surface area contributed by atoms with Crippen molar-refractivity contribution in [2.75, 3.05) is 12.9 Å². The summed E-state index contributed by atoms with van der Waals surface area (Å²) in [5.41, 5.74) is 4.68. The number of para-hydroxylation sites is 1. The largest absolute Gasteiger partial charge is 0.497 e. The number of aromatic nitrogens is 3. The molecular weight excluding hydrogens is 420 g/mol. The molecule has 6 nitrogen and oxygen atoms in total. The van der Waals surface area contributed by atoms with Gasteiger partial charge in [-0.25, -0.2) is 4.68 Å². The van der Waals surface area contributed by atoms with Crippen LogP contribution in [0, 0.1) is 0 Å². The minimum absolute atomic E-state index is 0.110. The SMILES string of the molecule is COc1ccc(-c2nn(-c3ccccc3)cc2C2SCC(=O)N2Cc2ccccn2)cc1. The molecule has 4 aromatic rings. The summed E-state index contributed by atoms with van der Waals surface area (Å²) in [4.78, 5) is 19.1. The standard InChI is InChI=1S/C25H22N4O2S/c1-31-21-12-10-18(11-13-21)24-22(16-29(27-24)20-8-3-2-4-9-20)25-28(23(30)17-32-25)15-19-7-5-6-14-26-19/h2-14,16,25H,15,17H2,1H3. The quantitative estimate of drug-likeness (QED) is 0.433. The van der Waals surface area contributed by atoms with Gasteiger partial charge in [0.05, 0.1) is 36.5 Å². The summed E-state index contributed by atoms with van der Waals surface area (Å²) in [7, 11) is 1.65. The molecule has 0 bridgehead atoms. The number of pyridine rings is 1. The van der Waals surface area contributed by atoms with Crippen molar-refractivity contribution in [2.24, 2.45) is 0 Å². The number of thioether (sulfide) groups is 1. The summed E-state index contributed by atoms with van der Waals surface area (Å²) < 4.78 is 7.20. The van der Waals surface area contributed by atoms with Crippen LogP contribution < -0.4 is 4.74 Å². The van der Waals surface area contributed by atoms with E-state index in [4.69, 9.17) is 9.84 Å². The Kier molecular flexibility index (Phi) is 5.64. The lowest BCUT2D eigenvalue weighted by molar-refractivity contribution is -0.128. The molecule has 1 unspecified atom stereocenters. The molecule has 0 spiro atoms. The normalized spacial score (nSPS) is 15.8. The van der Waals surface area contributed by atoms with Crippen LogP contribution in [0.15, 0.2) is 85.2 Å². The van der Waals surface area contributed by atoms with Crippen LogP contribution in [-0.4, -0.2) is 38.4 Å². The molecule has 1 aliphatic rings. The van der Waals surface area contributed by atoms with E-state index < -0.39 is 0 Å². The highest BCUT2D eigenvalue weighted by Gasteiger charge is 2.36. The number of methoxy groups -OCH3 is 1. The number of rotatable bonds is 6. The van der Waals surface area contributed by atoms with Gasteiger partial charge < -0.3 is 9.64 Å². The number of hydrogen-bond acceptors (Lipinski definition) is 5. The van der Waals surface area contributed by atoms with Crippen LogP contribution >= 0.6 is 11.8 Å². The Labute approximate surface area is 190 Å². The second-order valence-electron chi connectivity index (χ2n) is 7.45. The molecule has 7 heteroatoms. The molecule has 160 valence electrons. The predicted molar refractivity (Wildman–Crippen MR) is 126 cm³/mol. The molecule has 2 aromatic carbocycles. The topological polar surface area (TPSA) is 60.3 Å². The molecule has 1 atom stereocenters. The van der Waals surface area contributed by atoms with Crippen molar-refractivity contribution in [1.82, 2.24) is 19.7 Å². The maximum Gasteiger partial charge on any atom is 0.234 e. The number of amides is 1. The fourth-order valence-corrected chi connectivity index (χ4v) is 4.99. The van der Waals surface area contributed by atoms with Crippen LogP contribution in [-0.2, 0) is 11.3 Å². The molecule has 1 fully saturated rings. The lowest BCUT2D eigenvalue weighted by Gasteiger charge is -2.23. The highest BCUT2D eigenvalue weighted by atomic mass is 32.2. The molecular formula is C25H22N4O2S. The fraction of sp³-hybridized carbons (Fsp3) is 0.160. The van der Waals surface area contributed by atoms with E-state index in [1.165, 1.54) is 0 Å². The van der Waals surface area contributed by atoms with Crippen molar-refractivity contribution in [2.45, 2.75) is 11.9 Å². The zero-order chi connectivity index (χ0) is 21.9. The molecule has 1 saturated heterocycles. The third-order valence-electron chi connectivity index (χ3n) is 5.42. The Hall–Kier alpha value is -3.58. The van der Waals surface area contributed by atoms with E-state index in [-0.39, 0.29) is 11.3 Å². The zero-order valence-corrected chi connectivity index (χ0v) is 18.4. The van der Waals surface area contributed by atoms with E-state index in [0.29, 0.717) is 12.3 Å². The van der Waals surface area contributed by atoms with Crippen LogP contribution in [0.1, 0.15) is 16.6 Å². The van der Waals surface area contributed by atoms with Gasteiger partial charge in [-0.2, -0.15) is 5.10 Å². The van der Waals surface area contributed by atoms with Crippen LogP contribution in [0.4, 0.5) is 0 Å². The van der Waals surface area contributed by atoms with Crippen molar-refractivity contribution in [3.8, 4) is 22.7 Å². The number of carbonyl (C=O) groups excluding carboxylic acids is 1. The minimum atomic E-state index is -0.140. The average Bonchev–Trinajstić information content (AvgIpc) is 3.44. The Balaban J connectivity index is 1.57. The van der Waals surface area contributed by atoms with Crippen molar-refractivity contribution in [3.05, 3.63) is 96.4 Å². The highest BCUT2D eigenvalue weighted by Crippen LogP contribution is 2.43. The van der Waals surface area contributed by atoms with Crippen molar-refractivity contribution in [1.29, 1.82) is 0 Å². The lowest BCUT2D eigenvalue weighted by atomic mass is 10.1. The monoisotopic (exact) mass is 442 g/mol. The fourth-order valence-electron chi connectivity index (χ4n) is 3.80. The maximum atomic E-state index is 12.8. The highest BCUT2D eigenvalue weighted by molar-refractivity contribution is 8.00. The third-order valence-corrected chi connectivity index (χ3v) is 6.66. The number of hydrogen-bond donors (Lipinski definition) is 0. The summed E-state index contributed by atoms with van der Waals surface area (Å²) >= 11 is 1.63. The van der Waals surface area contributed by atoms with Crippen LogP contribution in [0.2, 0.25) is 0 Å². The molecule has 32 heavy (non-hydrogen) atoms. The van der Waals surface area contributed by atoms with Gasteiger partial charge in [0.15, 0.2) is 0 Å². The average molecular weight is 443 g/mol. The Morgan fingerprint density at radius 3 is 2.53 bits per heavy atom. The van der Waals surface area contributed by atoms with Crippen LogP contribution in [0.25, 0.3) is 16.9 Å². The second-order valence-corrected chi connectivity index (χ2v) is 8.52. The van der Waals surface area contributed by atoms with E-state index in [0.717, 1.165) is 34.0 Å². The van der Waals surface area contributed by atoms with Gasteiger partial charge >= 0.3 is 0 Å². The predicted octanol–water partition coefficient (Wildman–Crippen LogP) is 4.72. The zero-order valence-electron chi connectivity index (χ0n) is 17.6. The van der Waals surface area contributed by atoms with Gasteiger partial charge in [-0.3, -0.25) is 9.78 Å². The molecule has 5 rings (SSSR count). The van der Waals surface area contributed by atoms with Crippen LogP contribution in [0.5, 0.6) is 5.75 Å². The number of benzene rings is 2. The molecule has 2 aromatic heterocycles. The van der Waals surface area contributed by atoms with Crippen molar-refractivity contribution >= 4 is 17.7 Å². The van der Waals surface area contributed by atoms with Gasteiger partial charge in [-0.15, -0.1) is 11.8 Å². The van der Waals surface area contributed by atoms with Gasteiger partial charge in [-0.05, 0) is 48.5 Å². The van der Waals surface area contributed by atoms with Gasteiger partial charge in [0.2, 0.25) is 5.91 Å². The molecule has 0 radical (unpaired) electrons. The number of nitrogens with zero attached hydrogens (tertiary/aromatic N) is 4. The first-order valence-corrected chi connectivity index (χ1v) is 11.4. The summed E-state index contributed by atoms with van der Waals surface area (Å²) in [6.07, 6.45) is 3.80. The minimum Gasteiger partial charge on any atom is -0.497 e. The summed E-state index contributed by atoms with van der Waals surface area (Å²) in [5, 5.41) is 4.79. The summed E-state index contributed by atoms with van der Waals surface area (Å²) in [5.74, 6) is 1.34. The Morgan fingerprint density at radius 2 is 1.81 bits per heavy atom. The maximum absolute atomic E-state index is 12.8. The van der Waals surface area contributed by atoms with E-state index in [2.05, 4.69) is 4.98 Å². The van der Waals surface area contributed by atoms with Gasteiger partial charge in [0.25, 0.3) is 0 Å². The molecule has 0 N–H and O–H groups in total. The molecule has 0 aliphatic carbocycles. The molecule has 1 amide bonds. The Bertz CT molecular complexity index is 1210. The molecule has 3 heterocycles. The van der Waals surface area contributed by atoms with E-state index in [9.17, 15) is 4.79 Å². The van der Waals surface area contributed by atoms with Gasteiger partial charge in [0, 0.05) is 23.5 Å². The first-order chi connectivity index (χ1) is 15.7.